The molecule has 0 spiro atoms. The third kappa shape index (κ3) is 7.61. The van der Waals surface area contributed by atoms with Crippen molar-refractivity contribution in [2.75, 3.05) is 40.5 Å². The summed E-state index contributed by atoms with van der Waals surface area (Å²) in [6, 6.07) is 10.2. The zero-order valence-corrected chi connectivity index (χ0v) is 29.2. The van der Waals surface area contributed by atoms with Crippen molar-refractivity contribution in [1.29, 1.82) is 0 Å². The molecule has 13 heteroatoms. The zero-order valence-electron chi connectivity index (χ0n) is 28.4. The number of halogens is 3. The molecule has 0 bridgehead atoms. The van der Waals surface area contributed by atoms with Crippen molar-refractivity contribution in [3.05, 3.63) is 75.9 Å². The lowest BCUT2D eigenvalue weighted by Crippen LogP contribution is -2.47. The van der Waals surface area contributed by atoms with E-state index in [0.29, 0.717) is 17.7 Å². The van der Waals surface area contributed by atoms with E-state index in [2.05, 4.69) is 4.98 Å². The van der Waals surface area contributed by atoms with E-state index in [1.807, 2.05) is 30.3 Å². The average molecular weight is 703 g/mol. The second-order valence-corrected chi connectivity index (χ2v) is 13.4. The highest BCUT2D eigenvalue weighted by atomic mass is 35.5. The van der Waals surface area contributed by atoms with Crippen molar-refractivity contribution < 1.29 is 46.8 Å². The number of pyridine rings is 1. The van der Waals surface area contributed by atoms with Crippen molar-refractivity contribution in [2.24, 2.45) is 0 Å². The van der Waals surface area contributed by atoms with Crippen LogP contribution in [0.15, 0.2) is 42.6 Å². The van der Waals surface area contributed by atoms with Gasteiger partial charge < -0.3 is 33.3 Å². The first-order valence-electron chi connectivity index (χ1n) is 16.1. The fourth-order valence-electron chi connectivity index (χ4n) is 6.18. The number of carbonyl (C=O) groups excluding carboxylic acids is 2. The van der Waals surface area contributed by atoms with E-state index in [4.69, 9.17) is 40.0 Å². The van der Waals surface area contributed by atoms with E-state index >= 15 is 8.78 Å². The Kier molecular flexibility index (Phi) is 11.0. The first-order valence-corrected chi connectivity index (χ1v) is 16.5. The molecule has 0 radical (unpaired) electrons. The van der Waals surface area contributed by atoms with E-state index < -0.39 is 51.7 Å². The predicted molar refractivity (Wildman–Crippen MR) is 177 cm³/mol. The Morgan fingerprint density at radius 1 is 1.12 bits per heavy atom. The number of ether oxygens (including phenoxy) is 6. The highest BCUT2D eigenvalue weighted by molar-refractivity contribution is 6.34. The molecule has 3 aromatic rings. The number of likely N-dealkylation sites (N-methyl/N-ethyl adjacent to an activating group) is 1. The standard InChI is InChI=1S/C36H41ClF2N2O8/c1-21-27-25(48-36(21,22-12-8-7-9-13-22)20-41(5)34(43)49-35(2,3)4)18-24(38)30(37)29(27)28-23(33(42)44-6)19-40-32(31(28)39)47-17-16-46-26-14-10-11-15-45-26/h7-9,12-13,18-19,21,26H,10-11,14-17,20H2,1-6H3/t21-,26?,36-/m0/s1. The highest BCUT2D eigenvalue weighted by Crippen LogP contribution is 2.56. The number of hydrogen-bond donors (Lipinski definition) is 0. The van der Waals surface area contributed by atoms with Crippen LogP contribution in [0, 0.1) is 11.6 Å². The summed E-state index contributed by atoms with van der Waals surface area (Å²) in [7, 11) is 2.70. The summed E-state index contributed by atoms with van der Waals surface area (Å²) < 4.78 is 66.5. The molecule has 1 aromatic heterocycles. The number of aromatic nitrogens is 1. The molecule has 49 heavy (non-hydrogen) atoms. The quantitative estimate of drug-likeness (QED) is 0.156. The van der Waals surface area contributed by atoms with Gasteiger partial charge in [0.05, 0.1) is 30.8 Å². The summed E-state index contributed by atoms with van der Waals surface area (Å²) in [5.41, 5.74) is -1.90. The largest absolute Gasteiger partial charge is 0.480 e. The van der Waals surface area contributed by atoms with Gasteiger partial charge in [-0.2, -0.15) is 0 Å². The fourth-order valence-corrected chi connectivity index (χ4v) is 6.43. The number of benzene rings is 2. The number of rotatable bonds is 10. The minimum atomic E-state index is -1.31. The Hall–Kier alpha value is -4.00. The second-order valence-electron chi connectivity index (χ2n) is 13.0. The van der Waals surface area contributed by atoms with Gasteiger partial charge in [0.1, 0.15) is 23.8 Å². The normalized spacial score (nSPS) is 20.3. The number of fused-ring (bicyclic) bond motifs is 1. The van der Waals surface area contributed by atoms with Gasteiger partial charge in [-0.1, -0.05) is 48.9 Å². The highest BCUT2D eigenvalue weighted by Gasteiger charge is 2.51. The number of methoxy groups -OCH3 is 1. The first-order chi connectivity index (χ1) is 23.3. The number of amides is 1. The van der Waals surface area contributed by atoms with Crippen LogP contribution in [0.4, 0.5) is 13.6 Å². The lowest BCUT2D eigenvalue weighted by atomic mass is 9.77. The Bertz CT molecular complexity index is 1680. The number of esters is 1. The number of nitrogens with zero attached hydrogens (tertiary/aromatic N) is 2. The lowest BCUT2D eigenvalue weighted by molar-refractivity contribution is -0.165. The summed E-state index contributed by atoms with van der Waals surface area (Å²) in [6.45, 7) is 7.64. The molecule has 0 aliphatic carbocycles. The zero-order chi connectivity index (χ0) is 35.5. The van der Waals surface area contributed by atoms with Gasteiger partial charge in [0.25, 0.3) is 5.88 Å². The van der Waals surface area contributed by atoms with Crippen LogP contribution in [-0.4, -0.2) is 74.4 Å². The number of hydrogen-bond acceptors (Lipinski definition) is 9. The van der Waals surface area contributed by atoms with Gasteiger partial charge >= 0.3 is 12.1 Å². The molecular formula is C36H41ClF2N2O8. The summed E-state index contributed by atoms with van der Waals surface area (Å²) >= 11 is 6.67. The molecule has 0 N–H and O–H groups in total. The van der Waals surface area contributed by atoms with E-state index in [1.54, 1.807) is 34.7 Å². The van der Waals surface area contributed by atoms with Crippen molar-refractivity contribution in [3.63, 3.8) is 0 Å². The van der Waals surface area contributed by atoms with Crippen LogP contribution in [0.1, 0.15) is 74.4 Å². The molecule has 264 valence electrons. The van der Waals surface area contributed by atoms with Gasteiger partial charge in [-0.05, 0) is 45.6 Å². The Labute approximate surface area is 289 Å². The molecule has 2 aliphatic heterocycles. The molecule has 1 amide bonds. The molecule has 3 heterocycles. The Balaban J connectivity index is 1.59. The second kappa shape index (κ2) is 14.9. The topological polar surface area (TPSA) is 106 Å². The van der Waals surface area contributed by atoms with E-state index in [9.17, 15) is 9.59 Å². The van der Waals surface area contributed by atoms with Crippen LogP contribution >= 0.6 is 11.6 Å². The summed E-state index contributed by atoms with van der Waals surface area (Å²) in [5.74, 6) is -3.97. The lowest BCUT2D eigenvalue weighted by Gasteiger charge is -2.37. The monoisotopic (exact) mass is 702 g/mol. The smallest absolute Gasteiger partial charge is 0.410 e. The van der Waals surface area contributed by atoms with Crippen LogP contribution in [0.3, 0.4) is 0 Å². The van der Waals surface area contributed by atoms with Gasteiger partial charge in [-0.3, -0.25) is 0 Å². The molecule has 2 aromatic carbocycles. The maximum absolute atomic E-state index is 16.6. The van der Waals surface area contributed by atoms with Crippen LogP contribution in [0.5, 0.6) is 11.6 Å². The van der Waals surface area contributed by atoms with Gasteiger partial charge in [0, 0.05) is 48.5 Å². The minimum absolute atomic E-state index is 0.0395. The fraction of sp³-hybridized carbons (Fsp3) is 0.472. The Morgan fingerprint density at radius 3 is 2.51 bits per heavy atom. The van der Waals surface area contributed by atoms with Crippen LogP contribution < -0.4 is 9.47 Å². The molecule has 1 saturated heterocycles. The molecular weight excluding hydrogens is 662 g/mol. The number of carbonyl (C=O) groups is 2. The molecule has 3 atom stereocenters. The van der Waals surface area contributed by atoms with E-state index in [-0.39, 0.29) is 48.5 Å². The maximum atomic E-state index is 16.6. The van der Waals surface area contributed by atoms with E-state index in [1.165, 1.54) is 4.90 Å². The van der Waals surface area contributed by atoms with Gasteiger partial charge in [0.15, 0.2) is 17.7 Å². The average Bonchev–Trinajstić information content (AvgIpc) is 3.35. The maximum Gasteiger partial charge on any atom is 0.410 e. The Morgan fingerprint density at radius 2 is 1.86 bits per heavy atom. The van der Waals surface area contributed by atoms with Crippen molar-refractivity contribution >= 4 is 23.7 Å². The SMILES string of the molecule is COC(=O)c1cnc(OCCOC2CCCCO2)c(F)c1-c1c(Cl)c(F)cc2c1[C@H](C)[C@@](CN(C)C(=O)OC(C)(C)C)(c1ccccc1)O2. The third-order valence-electron chi connectivity index (χ3n) is 8.49. The van der Waals surface area contributed by atoms with Gasteiger partial charge in [0.2, 0.25) is 0 Å². The molecule has 2 aliphatic rings. The molecule has 10 nitrogen and oxygen atoms in total. The van der Waals surface area contributed by atoms with E-state index in [0.717, 1.165) is 38.6 Å². The predicted octanol–water partition coefficient (Wildman–Crippen LogP) is 7.65. The summed E-state index contributed by atoms with van der Waals surface area (Å²) in [5, 5.41) is -0.447. The van der Waals surface area contributed by atoms with Crippen LogP contribution in [-0.2, 0) is 24.5 Å². The van der Waals surface area contributed by atoms with Crippen LogP contribution in [0.2, 0.25) is 5.02 Å². The summed E-state index contributed by atoms with van der Waals surface area (Å²) in [6.07, 6.45) is 2.80. The first kappa shape index (κ1) is 36.3. The van der Waals surface area contributed by atoms with Crippen molar-refractivity contribution in [3.8, 4) is 22.8 Å². The molecule has 1 fully saturated rings. The van der Waals surface area contributed by atoms with Crippen molar-refractivity contribution in [1.82, 2.24) is 9.88 Å². The summed E-state index contributed by atoms with van der Waals surface area (Å²) in [4.78, 5) is 31.6. The van der Waals surface area contributed by atoms with Gasteiger partial charge in [-0.15, -0.1) is 0 Å². The van der Waals surface area contributed by atoms with Gasteiger partial charge in [-0.25, -0.2) is 23.4 Å². The molecule has 5 rings (SSSR count). The van der Waals surface area contributed by atoms with Crippen molar-refractivity contribution in [2.45, 2.75) is 70.4 Å². The molecule has 1 unspecified atom stereocenters. The van der Waals surface area contributed by atoms with Crippen LogP contribution in [0.25, 0.3) is 11.1 Å². The minimum Gasteiger partial charge on any atom is -0.480 e. The molecule has 0 saturated carbocycles. The third-order valence-corrected chi connectivity index (χ3v) is 8.86.